The van der Waals surface area contributed by atoms with E-state index in [2.05, 4.69) is 12.2 Å². The number of aryl methyl sites for hydroxylation is 1. The Bertz CT molecular complexity index is 616. The second-order valence-corrected chi connectivity index (χ2v) is 8.01. The molecule has 2 fully saturated rings. The Balaban J connectivity index is 1.60. The van der Waals surface area contributed by atoms with Gasteiger partial charge in [-0.05, 0) is 49.7 Å². The highest BCUT2D eigenvalue weighted by atomic mass is 32.2. The first kappa shape index (κ1) is 12.5. The van der Waals surface area contributed by atoms with Gasteiger partial charge < -0.3 is 0 Å². The van der Waals surface area contributed by atoms with E-state index in [9.17, 15) is 9.00 Å². The molecule has 3 aliphatic carbocycles. The highest BCUT2D eigenvalue weighted by Gasteiger charge is 2.56. The van der Waals surface area contributed by atoms with Crippen LogP contribution in [0.25, 0.3) is 0 Å². The number of benzene rings is 1. The molecule has 0 unspecified atom stereocenters. The molecule has 3 aliphatic rings. The summed E-state index contributed by atoms with van der Waals surface area (Å²) in [5, 5.41) is -0.280. The topological polar surface area (TPSA) is 34.1 Å². The Hall–Kier alpha value is -1.22. The van der Waals surface area contributed by atoms with Crippen molar-refractivity contribution in [3.05, 3.63) is 42.0 Å². The van der Waals surface area contributed by atoms with Crippen LogP contribution in [0.5, 0.6) is 0 Å². The zero-order valence-electron chi connectivity index (χ0n) is 11.5. The van der Waals surface area contributed by atoms with Gasteiger partial charge in [-0.2, -0.15) is 0 Å². The van der Waals surface area contributed by atoms with E-state index in [1.54, 1.807) is 0 Å². The third-order valence-corrected chi connectivity index (χ3v) is 6.94. The molecule has 1 aromatic carbocycles. The molecule has 2 nitrogen and oxygen atoms in total. The van der Waals surface area contributed by atoms with Crippen molar-refractivity contribution in [1.29, 1.82) is 0 Å². The summed E-state index contributed by atoms with van der Waals surface area (Å²) in [4.78, 5) is 13.4. The Labute approximate surface area is 121 Å². The van der Waals surface area contributed by atoms with E-state index < -0.39 is 10.8 Å². The van der Waals surface area contributed by atoms with Gasteiger partial charge in [-0.1, -0.05) is 29.8 Å². The summed E-state index contributed by atoms with van der Waals surface area (Å²) in [5.41, 5.74) is 1.16. The lowest BCUT2D eigenvalue weighted by Crippen LogP contribution is -2.26. The molecular formula is C17H18O2S. The maximum atomic E-state index is 12.7. The molecule has 0 heterocycles. The van der Waals surface area contributed by atoms with Gasteiger partial charge in [0.25, 0.3) is 0 Å². The summed E-state index contributed by atoms with van der Waals surface area (Å²) in [7, 11) is -1.19. The van der Waals surface area contributed by atoms with E-state index in [1.807, 2.05) is 31.2 Å². The monoisotopic (exact) mass is 286 g/mol. The molecule has 0 spiro atoms. The number of Topliss-reactive ketones (excluding diaryl/α,β-unsaturated/α-hetero) is 1. The zero-order chi connectivity index (χ0) is 13.9. The molecule has 2 saturated carbocycles. The molecule has 20 heavy (non-hydrogen) atoms. The summed E-state index contributed by atoms with van der Waals surface area (Å²) in [6, 6.07) is 7.75. The largest absolute Gasteiger partial charge is 0.298 e. The van der Waals surface area contributed by atoms with Crippen LogP contribution in [-0.2, 0) is 15.6 Å². The van der Waals surface area contributed by atoms with Gasteiger partial charge in [-0.25, -0.2) is 0 Å². The van der Waals surface area contributed by atoms with Crippen LogP contribution >= 0.6 is 0 Å². The van der Waals surface area contributed by atoms with Gasteiger partial charge in [-0.15, -0.1) is 0 Å². The summed E-state index contributed by atoms with van der Waals surface area (Å²) in [6.45, 7) is 2.02. The van der Waals surface area contributed by atoms with Gasteiger partial charge in [0.1, 0.15) is 0 Å². The average Bonchev–Trinajstić information content (AvgIpc) is 3.12. The Morgan fingerprint density at radius 1 is 1.05 bits per heavy atom. The number of carbonyl (C=O) groups is 1. The third-order valence-electron chi connectivity index (χ3n) is 5.27. The molecule has 0 radical (unpaired) electrons. The van der Waals surface area contributed by atoms with Gasteiger partial charge >= 0.3 is 0 Å². The predicted octanol–water partition coefficient (Wildman–Crippen LogP) is 2.88. The molecule has 0 aromatic heterocycles. The molecule has 0 N–H and O–H groups in total. The average molecular weight is 286 g/mol. The summed E-state index contributed by atoms with van der Waals surface area (Å²) >= 11 is 0. The zero-order valence-corrected chi connectivity index (χ0v) is 12.3. The Kier molecular flexibility index (Phi) is 2.75. The fourth-order valence-electron chi connectivity index (χ4n) is 4.28. The summed E-state index contributed by atoms with van der Waals surface area (Å²) in [5.74, 6) is 1.86. The molecule has 4 rings (SSSR count). The summed E-state index contributed by atoms with van der Waals surface area (Å²) < 4.78 is 12.7. The van der Waals surface area contributed by atoms with Crippen molar-refractivity contribution in [2.24, 2.45) is 23.7 Å². The summed E-state index contributed by atoms with van der Waals surface area (Å²) in [6.07, 6.45) is 6.44. The van der Waals surface area contributed by atoms with Gasteiger partial charge in [-0.3, -0.25) is 9.00 Å². The number of fused-ring (bicyclic) bond motifs is 5. The highest BCUT2D eigenvalue weighted by molar-refractivity contribution is 7.86. The van der Waals surface area contributed by atoms with Crippen molar-refractivity contribution in [3.63, 3.8) is 0 Å². The molecule has 0 aliphatic heterocycles. The quantitative estimate of drug-likeness (QED) is 0.783. The van der Waals surface area contributed by atoms with E-state index in [1.165, 1.54) is 0 Å². The van der Waals surface area contributed by atoms with Crippen LogP contribution in [0.4, 0.5) is 0 Å². The van der Waals surface area contributed by atoms with Crippen molar-refractivity contribution >= 4 is 16.6 Å². The molecule has 1 aromatic rings. The lowest BCUT2D eigenvalue weighted by molar-refractivity contribution is -0.121. The van der Waals surface area contributed by atoms with Crippen molar-refractivity contribution in [2.45, 2.75) is 29.9 Å². The van der Waals surface area contributed by atoms with Crippen LogP contribution in [0.15, 0.2) is 41.3 Å². The standard InChI is InChI=1S/C17H18O2S/c1-10-2-6-13(7-3-10)20(19)15-9-14-11-4-5-12(8-11)16(14)17(15)18/h2-7,11-12,14-16H,8-9H2,1H3/t11-,12+,14-,15+,16+,20+/m1/s1. The number of hydrogen-bond acceptors (Lipinski definition) is 2. The van der Waals surface area contributed by atoms with Gasteiger partial charge in [0, 0.05) is 10.8 Å². The molecule has 3 heteroatoms. The Morgan fingerprint density at radius 2 is 1.75 bits per heavy atom. The maximum Gasteiger partial charge on any atom is 0.152 e. The minimum atomic E-state index is -1.19. The molecule has 0 amide bonds. The fraction of sp³-hybridized carbons (Fsp3) is 0.471. The van der Waals surface area contributed by atoms with E-state index in [0.717, 1.165) is 23.3 Å². The maximum absolute atomic E-state index is 12.7. The van der Waals surface area contributed by atoms with Gasteiger partial charge in [0.05, 0.1) is 16.0 Å². The number of ketones is 1. The van der Waals surface area contributed by atoms with Crippen molar-refractivity contribution in [2.75, 3.05) is 0 Å². The normalized spacial score (nSPS) is 39.2. The predicted molar refractivity (Wildman–Crippen MR) is 78.7 cm³/mol. The number of hydrogen-bond donors (Lipinski definition) is 0. The fourth-order valence-corrected chi connectivity index (χ4v) is 5.77. The highest BCUT2D eigenvalue weighted by Crippen LogP contribution is 2.55. The van der Waals surface area contributed by atoms with Gasteiger partial charge in [0.15, 0.2) is 5.78 Å². The first-order chi connectivity index (χ1) is 9.65. The molecule has 6 atom stereocenters. The number of carbonyl (C=O) groups excluding carboxylic acids is 1. The number of allylic oxidation sites excluding steroid dienone is 2. The van der Waals surface area contributed by atoms with Crippen LogP contribution < -0.4 is 0 Å². The molecule has 104 valence electrons. The first-order valence-electron chi connectivity index (χ1n) is 7.34. The minimum Gasteiger partial charge on any atom is -0.298 e. The van der Waals surface area contributed by atoms with E-state index in [4.69, 9.17) is 0 Å². The third kappa shape index (κ3) is 1.69. The lowest BCUT2D eigenvalue weighted by Gasteiger charge is -2.17. The molecule has 2 bridgehead atoms. The second-order valence-electron chi connectivity index (χ2n) is 6.38. The minimum absolute atomic E-state index is 0.157. The van der Waals surface area contributed by atoms with Crippen LogP contribution in [0.1, 0.15) is 18.4 Å². The van der Waals surface area contributed by atoms with Crippen molar-refractivity contribution in [3.8, 4) is 0 Å². The first-order valence-corrected chi connectivity index (χ1v) is 8.56. The lowest BCUT2D eigenvalue weighted by atomic mass is 9.86. The van der Waals surface area contributed by atoms with E-state index in [0.29, 0.717) is 17.8 Å². The number of rotatable bonds is 2. The second kappa shape index (κ2) is 4.39. The van der Waals surface area contributed by atoms with Crippen LogP contribution in [-0.4, -0.2) is 15.2 Å². The van der Waals surface area contributed by atoms with Crippen LogP contribution in [0.3, 0.4) is 0 Å². The SMILES string of the molecule is Cc1ccc([S@](=O)[C@H]2C[C@H]3[C@@H](C2=O)[C@H]2C=C[C@@H]3C2)cc1. The van der Waals surface area contributed by atoms with Gasteiger partial charge in [0.2, 0.25) is 0 Å². The molecule has 0 saturated heterocycles. The van der Waals surface area contributed by atoms with Crippen LogP contribution in [0.2, 0.25) is 0 Å². The van der Waals surface area contributed by atoms with Crippen LogP contribution in [0, 0.1) is 30.6 Å². The van der Waals surface area contributed by atoms with Crippen molar-refractivity contribution in [1.82, 2.24) is 0 Å². The Morgan fingerprint density at radius 3 is 2.45 bits per heavy atom. The molecular weight excluding hydrogens is 268 g/mol. The van der Waals surface area contributed by atoms with E-state index in [-0.39, 0.29) is 17.0 Å². The smallest absolute Gasteiger partial charge is 0.152 e. The van der Waals surface area contributed by atoms with E-state index >= 15 is 0 Å². The van der Waals surface area contributed by atoms with Crippen molar-refractivity contribution < 1.29 is 9.00 Å².